The maximum atomic E-state index is 9.15. The van der Waals surface area contributed by atoms with E-state index in [0.29, 0.717) is 19.8 Å². The Hall–Kier alpha value is -1.10. The molecule has 1 aromatic rings. The van der Waals surface area contributed by atoms with Gasteiger partial charge in [-0.15, -0.1) is 0 Å². The highest BCUT2D eigenvalue weighted by molar-refractivity contribution is 5.20. The van der Waals surface area contributed by atoms with E-state index in [-0.39, 0.29) is 12.1 Å². The molecule has 4 heteroatoms. The maximum absolute atomic E-state index is 9.15. The van der Waals surface area contributed by atoms with E-state index < -0.39 is 0 Å². The van der Waals surface area contributed by atoms with Crippen molar-refractivity contribution in [2.45, 2.75) is 12.5 Å². The van der Waals surface area contributed by atoms with E-state index in [4.69, 9.17) is 14.6 Å². The predicted octanol–water partition coefficient (Wildman–Crippen LogP) is 1.05. The van der Waals surface area contributed by atoms with E-state index >= 15 is 0 Å². The van der Waals surface area contributed by atoms with Gasteiger partial charge >= 0.3 is 0 Å². The van der Waals surface area contributed by atoms with Gasteiger partial charge in [0, 0.05) is 0 Å². The van der Waals surface area contributed by atoms with Crippen LogP contribution in [0.5, 0.6) is 5.75 Å². The third kappa shape index (κ3) is 5.17. The molecule has 0 fully saturated rings. The fourth-order valence-electron chi connectivity index (χ4n) is 1.23. The van der Waals surface area contributed by atoms with Gasteiger partial charge in [0.25, 0.3) is 0 Å². The lowest BCUT2D eigenvalue weighted by molar-refractivity contribution is 0.0345. The van der Waals surface area contributed by atoms with Gasteiger partial charge in [0.15, 0.2) is 0 Å². The molecule has 96 valence electrons. The lowest BCUT2D eigenvalue weighted by Crippen LogP contribution is -2.47. The van der Waals surface area contributed by atoms with Gasteiger partial charge < -0.3 is 19.9 Å². The minimum Gasteiger partial charge on any atom is -0.491 e. The van der Waals surface area contributed by atoms with Crippen molar-refractivity contribution in [2.75, 3.05) is 33.5 Å². The van der Waals surface area contributed by atoms with Crippen molar-refractivity contribution in [3.63, 3.8) is 0 Å². The van der Waals surface area contributed by atoms with Crippen LogP contribution in [0.15, 0.2) is 30.3 Å². The second kappa shape index (κ2) is 7.27. The van der Waals surface area contributed by atoms with Gasteiger partial charge in [-0.05, 0) is 26.1 Å². The molecule has 0 amide bonds. The van der Waals surface area contributed by atoms with Crippen LogP contribution in [0.2, 0.25) is 0 Å². The molecule has 1 unspecified atom stereocenters. The van der Waals surface area contributed by atoms with Gasteiger partial charge in [-0.1, -0.05) is 18.2 Å². The van der Waals surface area contributed by atoms with Crippen LogP contribution >= 0.6 is 0 Å². The predicted molar refractivity (Wildman–Crippen MR) is 67.3 cm³/mol. The highest BCUT2D eigenvalue weighted by Crippen LogP contribution is 2.08. The van der Waals surface area contributed by atoms with E-state index in [1.54, 1.807) is 7.05 Å². The number of benzene rings is 1. The molecule has 0 aromatic heterocycles. The lowest BCUT2D eigenvalue weighted by atomic mass is 10.1. The second-order valence-electron chi connectivity index (χ2n) is 4.18. The van der Waals surface area contributed by atoms with E-state index in [2.05, 4.69) is 5.32 Å². The van der Waals surface area contributed by atoms with Gasteiger partial charge in [0.05, 0.1) is 25.4 Å². The fourth-order valence-corrected chi connectivity index (χ4v) is 1.23. The Balaban J connectivity index is 2.13. The van der Waals surface area contributed by atoms with Crippen molar-refractivity contribution in [1.82, 2.24) is 5.32 Å². The molecule has 0 heterocycles. The summed E-state index contributed by atoms with van der Waals surface area (Å²) in [4.78, 5) is 0. The summed E-state index contributed by atoms with van der Waals surface area (Å²) < 4.78 is 10.9. The van der Waals surface area contributed by atoms with Crippen LogP contribution in [-0.2, 0) is 4.74 Å². The Bertz CT molecular complexity index is 299. The number of hydrogen-bond donors (Lipinski definition) is 2. The number of para-hydroxylation sites is 1. The average molecular weight is 239 g/mol. The van der Waals surface area contributed by atoms with Crippen molar-refractivity contribution in [2.24, 2.45) is 0 Å². The molecular formula is C13H21NO3. The average Bonchev–Trinajstić information content (AvgIpc) is 2.39. The molecular weight excluding hydrogens is 218 g/mol. The van der Waals surface area contributed by atoms with Gasteiger partial charge in [0.1, 0.15) is 12.4 Å². The third-order valence-corrected chi connectivity index (χ3v) is 2.61. The van der Waals surface area contributed by atoms with Gasteiger partial charge in [-0.3, -0.25) is 0 Å². The second-order valence-corrected chi connectivity index (χ2v) is 4.18. The monoisotopic (exact) mass is 239 g/mol. The highest BCUT2D eigenvalue weighted by Gasteiger charge is 2.20. The van der Waals surface area contributed by atoms with Crippen molar-refractivity contribution < 1.29 is 14.6 Å². The number of rotatable bonds is 8. The number of aliphatic hydroxyl groups is 1. The van der Waals surface area contributed by atoms with E-state index in [1.807, 2.05) is 37.3 Å². The molecule has 0 saturated carbocycles. The first-order valence-corrected chi connectivity index (χ1v) is 5.75. The van der Waals surface area contributed by atoms with E-state index in [0.717, 1.165) is 5.75 Å². The summed E-state index contributed by atoms with van der Waals surface area (Å²) >= 11 is 0. The molecule has 17 heavy (non-hydrogen) atoms. The summed E-state index contributed by atoms with van der Waals surface area (Å²) in [5, 5.41) is 12.2. The van der Waals surface area contributed by atoms with Crippen molar-refractivity contribution in [3.8, 4) is 5.75 Å². The molecule has 1 rings (SSSR count). The van der Waals surface area contributed by atoms with Gasteiger partial charge in [0.2, 0.25) is 0 Å². The molecule has 0 aliphatic carbocycles. The molecule has 0 radical (unpaired) electrons. The van der Waals surface area contributed by atoms with Gasteiger partial charge in [-0.25, -0.2) is 0 Å². The Kier molecular flexibility index (Phi) is 5.97. The van der Waals surface area contributed by atoms with E-state index in [1.165, 1.54) is 0 Å². The molecule has 4 nitrogen and oxygen atoms in total. The summed E-state index contributed by atoms with van der Waals surface area (Å²) in [5.74, 6) is 0.842. The standard InChI is InChI=1S/C13H21NO3/c1-13(10-15,14-2)11-16-8-9-17-12-6-4-3-5-7-12/h3-7,14-15H,8-11H2,1-2H3. The van der Waals surface area contributed by atoms with Crippen LogP contribution in [0.25, 0.3) is 0 Å². The quantitative estimate of drug-likeness (QED) is 0.666. The SMILES string of the molecule is CNC(C)(CO)COCCOc1ccccc1. The van der Waals surface area contributed by atoms with Crippen LogP contribution in [0.4, 0.5) is 0 Å². The zero-order valence-corrected chi connectivity index (χ0v) is 10.5. The zero-order valence-electron chi connectivity index (χ0n) is 10.5. The molecule has 0 saturated heterocycles. The largest absolute Gasteiger partial charge is 0.491 e. The molecule has 0 aliphatic rings. The summed E-state index contributed by atoms with van der Waals surface area (Å²) in [7, 11) is 1.81. The maximum Gasteiger partial charge on any atom is 0.119 e. The molecule has 0 aliphatic heterocycles. The minimum atomic E-state index is -0.382. The molecule has 1 atom stereocenters. The lowest BCUT2D eigenvalue weighted by Gasteiger charge is -2.26. The Morgan fingerprint density at radius 3 is 2.53 bits per heavy atom. The molecule has 2 N–H and O–H groups in total. The normalized spacial score (nSPS) is 14.3. The third-order valence-electron chi connectivity index (χ3n) is 2.61. The Morgan fingerprint density at radius 2 is 1.94 bits per heavy atom. The first-order chi connectivity index (χ1) is 8.20. The number of ether oxygens (including phenoxy) is 2. The number of hydrogen-bond acceptors (Lipinski definition) is 4. The van der Waals surface area contributed by atoms with E-state index in [9.17, 15) is 0 Å². The van der Waals surface area contributed by atoms with Crippen molar-refractivity contribution in [1.29, 1.82) is 0 Å². The molecule has 0 spiro atoms. The smallest absolute Gasteiger partial charge is 0.119 e. The number of nitrogens with one attached hydrogen (secondary N) is 1. The van der Waals surface area contributed by atoms with Gasteiger partial charge in [-0.2, -0.15) is 0 Å². The summed E-state index contributed by atoms with van der Waals surface area (Å²) in [6.07, 6.45) is 0. The Labute approximate surface area is 103 Å². The molecule has 1 aromatic carbocycles. The summed E-state index contributed by atoms with van der Waals surface area (Å²) in [6, 6.07) is 9.62. The van der Waals surface area contributed by atoms with Crippen LogP contribution < -0.4 is 10.1 Å². The van der Waals surface area contributed by atoms with Crippen molar-refractivity contribution in [3.05, 3.63) is 30.3 Å². The van der Waals surface area contributed by atoms with Crippen LogP contribution in [0.1, 0.15) is 6.92 Å². The highest BCUT2D eigenvalue weighted by atomic mass is 16.5. The minimum absolute atomic E-state index is 0.0447. The summed E-state index contributed by atoms with van der Waals surface area (Å²) in [6.45, 7) is 3.42. The summed E-state index contributed by atoms with van der Waals surface area (Å²) in [5.41, 5.74) is -0.382. The fraction of sp³-hybridized carbons (Fsp3) is 0.538. The topological polar surface area (TPSA) is 50.7 Å². The van der Waals surface area contributed by atoms with Crippen LogP contribution in [0.3, 0.4) is 0 Å². The zero-order chi connectivity index (χ0) is 12.6. The number of likely N-dealkylation sites (N-methyl/N-ethyl adjacent to an activating group) is 1. The first-order valence-electron chi connectivity index (χ1n) is 5.75. The van der Waals surface area contributed by atoms with Crippen LogP contribution in [-0.4, -0.2) is 44.1 Å². The molecule has 0 bridgehead atoms. The first kappa shape index (κ1) is 14.0. The van der Waals surface area contributed by atoms with Crippen molar-refractivity contribution >= 4 is 0 Å². The Morgan fingerprint density at radius 1 is 1.24 bits per heavy atom. The number of aliphatic hydroxyl groups excluding tert-OH is 1. The van der Waals surface area contributed by atoms with Crippen LogP contribution in [0, 0.1) is 0 Å².